The van der Waals surface area contributed by atoms with E-state index in [1.807, 2.05) is 0 Å². The van der Waals surface area contributed by atoms with Gasteiger partial charge in [0.2, 0.25) is 0 Å². The molecular formula is C13H11Cl2NO2. The van der Waals surface area contributed by atoms with Gasteiger partial charge >= 0.3 is 0 Å². The van der Waals surface area contributed by atoms with Gasteiger partial charge in [-0.15, -0.1) is 0 Å². The average Bonchev–Trinajstić information content (AvgIpc) is 2.53. The Hall–Kier alpha value is -1.32. The minimum atomic E-state index is -0.261. The quantitative estimate of drug-likeness (QED) is 0.800. The van der Waals surface area contributed by atoms with Gasteiger partial charge in [0, 0.05) is 28.2 Å². The van der Waals surface area contributed by atoms with Crippen LogP contribution in [0.5, 0.6) is 0 Å². The summed E-state index contributed by atoms with van der Waals surface area (Å²) >= 11 is 11.8. The van der Waals surface area contributed by atoms with Crippen molar-refractivity contribution in [2.75, 3.05) is 6.54 Å². The first-order valence-electron chi connectivity index (χ1n) is 5.47. The highest BCUT2D eigenvalue weighted by Crippen LogP contribution is 2.22. The standard InChI is InChI=1S/C13H11Cl2NO2/c1-8-6-12(17)16(13(8)18)5-4-9-2-3-10(14)7-11(9)15/h2-3,6-7H,4-5H2,1H3. The zero-order valence-corrected chi connectivity index (χ0v) is 11.3. The van der Waals surface area contributed by atoms with Crippen LogP contribution in [-0.4, -0.2) is 23.3 Å². The lowest BCUT2D eigenvalue weighted by molar-refractivity contribution is -0.137. The number of imide groups is 1. The molecule has 0 saturated heterocycles. The highest BCUT2D eigenvalue weighted by molar-refractivity contribution is 6.35. The normalized spacial score (nSPS) is 15.3. The predicted molar refractivity (Wildman–Crippen MR) is 70.6 cm³/mol. The van der Waals surface area contributed by atoms with E-state index >= 15 is 0 Å². The maximum atomic E-state index is 11.7. The van der Waals surface area contributed by atoms with Crippen molar-refractivity contribution in [3.63, 3.8) is 0 Å². The van der Waals surface area contributed by atoms with Crippen molar-refractivity contribution >= 4 is 35.0 Å². The molecule has 0 atom stereocenters. The summed E-state index contributed by atoms with van der Waals surface area (Å²) in [4.78, 5) is 24.4. The summed E-state index contributed by atoms with van der Waals surface area (Å²) in [6.45, 7) is 1.96. The Labute approximate surface area is 115 Å². The molecule has 18 heavy (non-hydrogen) atoms. The summed E-state index contributed by atoms with van der Waals surface area (Å²) in [5.41, 5.74) is 1.34. The average molecular weight is 284 g/mol. The molecule has 0 bridgehead atoms. The van der Waals surface area contributed by atoms with Gasteiger partial charge in [-0.25, -0.2) is 0 Å². The molecule has 0 aliphatic carbocycles. The molecule has 1 aromatic rings. The van der Waals surface area contributed by atoms with Crippen molar-refractivity contribution in [1.82, 2.24) is 4.90 Å². The molecule has 0 N–H and O–H groups in total. The van der Waals surface area contributed by atoms with E-state index in [9.17, 15) is 9.59 Å². The van der Waals surface area contributed by atoms with E-state index in [-0.39, 0.29) is 11.8 Å². The van der Waals surface area contributed by atoms with E-state index in [4.69, 9.17) is 23.2 Å². The number of rotatable bonds is 3. The molecule has 94 valence electrons. The minimum Gasteiger partial charge on any atom is -0.275 e. The molecule has 0 aromatic heterocycles. The van der Waals surface area contributed by atoms with E-state index < -0.39 is 0 Å². The van der Waals surface area contributed by atoms with Crippen LogP contribution in [0.3, 0.4) is 0 Å². The summed E-state index contributed by atoms with van der Waals surface area (Å²) in [6.07, 6.45) is 1.88. The molecule has 5 heteroatoms. The monoisotopic (exact) mass is 283 g/mol. The number of amides is 2. The molecule has 0 spiro atoms. The van der Waals surface area contributed by atoms with Gasteiger partial charge in [0.15, 0.2) is 0 Å². The first-order valence-corrected chi connectivity index (χ1v) is 6.22. The molecule has 1 aromatic carbocycles. The fourth-order valence-corrected chi connectivity index (χ4v) is 2.31. The number of nitrogens with zero attached hydrogens (tertiary/aromatic N) is 1. The van der Waals surface area contributed by atoms with Crippen molar-refractivity contribution in [2.45, 2.75) is 13.3 Å². The maximum Gasteiger partial charge on any atom is 0.256 e. The summed E-state index contributed by atoms with van der Waals surface area (Å²) in [6, 6.07) is 5.19. The highest BCUT2D eigenvalue weighted by Gasteiger charge is 2.27. The van der Waals surface area contributed by atoms with Gasteiger partial charge in [0.05, 0.1) is 0 Å². The van der Waals surface area contributed by atoms with Crippen LogP contribution in [0.1, 0.15) is 12.5 Å². The molecular weight excluding hydrogens is 273 g/mol. The third kappa shape index (κ3) is 2.57. The Morgan fingerprint density at radius 3 is 2.50 bits per heavy atom. The fourth-order valence-electron chi connectivity index (χ4n) is 1.81. The van der Waals surface area contributed by atoms with E-state index in [2.05, 4.69) is 0 Å². The number of hydrogen-bond donors (Lipinski definition) is 0. The Balaban J connectivity index is 2.05. The zero-order valence-electron chi connectivity index (χ0n) is 9.74. The Bertz CT molecular complexity index is 552. The molecule has 1 heterocycles. The van der Waals surface area contributed by atoms with Crippen LogP contribution < -0.4 is 0 Å². The lowest BCUT2D eigenvalue weighted by Gasteiger charge is -2.14. The lowest BCUT2D eigenvalue weighted by Crippen LogP contribution is -2.32. The van der Waals surface area contributed by atoms with E-state index in [1.54, 1.807) is 25.1 Å². The van der Waals surface area contributed by atoms with Crippen molar-refractivity contribution in [1.29, 1.82) is 0 Å². The smallest absolute Gasteiger partial charge is 0.256 e. The van der Waals surface area contributed by atoms with Gasteiger partial charge in [-0.3, -0.25) is 14.5 Å². The van der Waals surface area contributed by atoms with Crippen LogP contribution in [-0.2, 0) is 16.0 Å². The number of halogens is 2. The molecule has 0 saturated carbocycles. The Morgan fingerprint density at radius 2 is 1.94 bits per heavy atom. The van der Waals surface area contributed by atoms with Gasteiger partial charge in [-0.1, -0.05) is 29.3 Å². The molecule has 0 radical (unpaired) electrons. The van der Waals surface area contributed by atoms with Crippen molar-refractivity contribution in [2.24, 2.45) is 0 Å². The second kappa shape index (κ2) is 5.12. The molecule has 2 amide bonds. The first-order chi connectivity index (χ1) is 8.49. The number of benzene rings is 1. The molecule has 1 aliphatic rings. The second-order valence-corrected chi connectivity index (χ2v) is 4.95. The number of carbonyl (C=O) groups is 2. The second-order valence-electron chi connectivity index (χ2n) is 4.11. The molecule has 3 nitrogen and oxygen atoms in total. The molecule has 2 rings (SSSR count). The largest absolute Gasteiger partial charge is 0.275 e. The fraction of sp³-hybridized carbons (Fsp3) is 0.231. The van der Waals surface area contributed by atoms with Gasteiger partial charge in [-0.2, -0.15) is 0 Å². The van der Waals surface area contributed by atoms with E-state index in [0.717, 1.165) is 5.56 Å². The SMILES string of the molecule is CC1=CC(=O)N(CCc2ccc(Cl)cc2Cl)C1=O. The summed E-state index contributed by atoms with van der Waals surface area (Å²) in [5.74, 6) is -0.493. The van der Waals surface area contributed by atoms with Crippen LogP contribution in [0.4, 0.5) is 0 Å². The molecule has 0 fully saturated rings. The van der Waals surface area contributed by atoms with Crippen LogP contribution in [0.25, 0.3) is 0 Å². The molecule has 0 unspecified atom stereocenters. The maximum absolute atomic E-state index is 11.7. The van der Waals surface area contributed by atoms with Gasteiger partial charge < -0.3 is 0 Å². The van der Waals surface area contributed by atoms with Crippen molar-refractivity contribution in [3.05, 3.63) is 45.5 Å². The van der Waals surface area contributed by atoms with Crippen LogP contribution in [0.15, 0.2) is 29.8 Å². The third-order valence-corrected chi connectivity index (χ3v) is 3.40. The predicted octanol–water partition coefficient (Wildman–Crippen LogP) is 2.85. The van der Waals surface area contributed by atoms with Crippen LogP contribution in [0.2, 0.25) is 10.0 Å². The topological polar surface area (TPSA) is 37.4 Å². The van der Waals surface area contributed by atoms with Crippen molar-refractivity contribution in [3.8, 4) is 0 Å². The van der Waals surface area contributed by atoms with Gasteiger partial charge in [0.25, 0.3) is 11.8 Å². The van der Waals surface area contributed by atoms with Crippen LogP contribution in [0, 0.1) is 0 Å². The highest BCUT2D eigenvalue weighted by atomic mass is 35.5. The minimum absolute atomic E-state index is 0.231. The summed E-state index contributed by atoms with van der Waals surface area (Å²) in [7, 11) is 0. The summed E-state index contributed by atoms with van der Waals surface area (Å²) < 4.78 is 0. The Kier molecular flexibility index (Phi) is 3.73. The Morgan fingerprint density at radius 1 is 1.22 bits per heavy atom. The van der Waals surface area contributed by atoms with Gasteiger partial charge in [-0.05, 0) is 31.0 Å². The van der Waals surface area contributed by atoms with Crippen LogP contribution >= 0.6 is 23.2 Å². The first kappa shape index (κ1) is 13.1. The van der Waals surface area contributed by atoms with E-state index in [0.29, 0.717) is 28.6 Å². The van der Waals surface area contributed by atoms with Gasteiger partial charge in [0.1, 0.15) is 0 Å². The summed E-state index contributed by atoms with van der Waals surface area (Å²) in [5, 5.41) is 1.11. The molecule has 1 aliphatic heterocycles. The van der Waals surface area contributed by atoms with E-state index in [1.165, 1.54) is 11.0 Å². The number of hydrogen-bond acceptors (Lipinski definition) is 2. The zero-order chi connectivity index (χ0) is 13.3. The third-order valence-electron chi connectivity index (χ3n) is 2.81. The number of carbonyl (C=O) groups excluding carboxylic acids is 2. The van der Waals surface area contributed by atoms with Crippen molar-refractivity contribution < 1.29 is 9.59 Å². The lowest BCUT2D eigenvalue weighted by atomic mass is 10.1.